The van der Waals surface area contributed by atoms with Crippen molar-refractivity contribution in [3.63, 3.8) is 0 Å². The summed E-state index contributed by atoms with van der Waals surface area (Å²) in [5.74, 6) is -0.723. The van der Waals surface area contributed by atoms with Gasteiger partial charge in [0.25, 0.3) is 0 Å². The van der Waals surface area contributed by atoms with E-state index in [4.69, 9.17) is 0 Å². The molecule has 0 aliphatic heterocycles. The number of benzene rings is 1. The minimum Gasteiger partial charge on any atom is -0.468 e. The predicted molar refractivity (Wildman–Crippen MR) is 58.1 cm³/mol. The summed E-state index contributed by atoms with van der Waals surface area (Å²) >= 11 is 0. The number of hydrogen-bond donors (Lipinski definition) is 0. The summed E-state index contributed by atoms with van der Waals surface area (Å²) in [7, 11) is 0.0429. The second-order valence-corrected chi connectivity index (χ2v) is 5.26. The molecule has 0 heterocycles. The fourth-order valence-corrected chi connectivity index (χ4v) is 2.63. The lowest BCUT2D eigenvalue weighted by Gasteiger charge is -2.07. The van der Waals surface area contributed by atoms with Crippen molar-refractivity contribution in [1.82, 2.24) is 0 Å². The maximum Gasteiger partial charge on any atom is 0.319 e. The summed E-state index contributed by atoms with van der Waals surface area (Å²) in [6.07, 6.45) is 0. The van der Waals surface area contributed by atoms with Crippen LogP contribution in [0.25, 0.3) is 0 Å². The van der Waals surface area contributed by atoms with Crippen LogP contribution >= 0.6 is 0 Å². The molecule has 0 fully saturated rings. The number of carbonyl (C=O) groups is 1. The third-order valence-corrected chi connectivity index (χ3v) is 4.17. The first-order valence-corrected chi connectivity index (χ1v) is 6.05. The van der Waals surface area contributed by atoms with Gasteiger partial charge in [-0.1, -0.05) is 18.2 Å². The molecule has 82 valence electrons. The Kier molecular flexibility index (Phi) is 3.85. The molecule has 5 heteroatoms. The molecule has 1 rings (SSSR count). The molecule has 0 aliphatic rings. The number of rotatable bonds is 3. The fourth-order valence-electron chi connectivity index (χ4n) is 1.11. The van der Waals surface area contributed by atoms with Gasteiger partial charge in [-0.2, -0.15) is 0 Å². The second-order valence-electron chi connectivity index (χ2n) is 2.86. The predicted octanol–water partition coefficient (Wildman–Crippen LogP) is 1.32. The minimum atomic E-state index is -2.67. The van der Waals surface area contributed by atoms with Gasteiger partial charge >= 0.3 is 5.97 Å². The van der Waals surface area contributed by atoms with Crippen molar-refractivity contribution < 1.29 is 13.7 Å². The zero-order valence-electron chi connectivity index (χ0n) is 8.67. The van der Waals surface area contributed by atoms with Gasteiger partial charge in [0.1, 0.15) is 5.75 Å². The van der Waals surface area contributed by atoms with Gasteiger partial charge in [-0.05, 0) is 12.1 Å². The highest BCUT2D eigenvalue weighted by Crippen LogP contribution is 2.13. The standard InChI is InChI=1S/C10H13NO3S/c1-11-15(13,8-10(12)14-2)9-6-4-3-5-7-9/h3-7H,8H2,1-2H3. The monoisotopic (exact) mass is 227 g/mol. The molecule has 1 aromatic carbocycles. The quantitative estimate of drug-likeness (QED) is 0.732. The van der Waals surface area contributed by atoms with E-state index in [9.17, 15) is 9.00 Å². The Morgan fingerprint density at radius 1 is 1.40 bits per heavy atom. The maximum absolute atomic E-state index is 12.3. The van der Waals surface area contributed by atoms with Gasteiger partial charge in [-0.3, -0.25) is 4.79 Å². The van der Waals surface area contributed by atoms with E-state index in [1.165, 1.54) is 14.2 Å². The Labute approximate surface area is 89.4 Å². The van der Waals surface area contributed by atoms with Crippen LogP contribution in [0.3, 0.4) is 0 Å². The smallest absolute Gasteiger partial charge is 0.319 e. The molecule has 0 saturated heterocycles. The molecule has 15 heavy (non-hydrogen) atoms. The van der Waals surface area contributed by atoms with Crippen LogP contribution in [0, 0.1) is 0 Å². The highest BCUT2D eigenvalue weighted by molar-refractivity contribution is 7.94. The molecule has 0 radical (unpaired) electrons. The van der Waals surface area contributed by atoms with Crippen molar-refractivity contribution in [2.24, 2.45) is 4.36 Å². The number of hydrogen-bond acceptors (Lipinski definition) is 4. The van der Waals surface area contributed by atoms with E-state index in [0.717, 1.165) is 0 Å². The summed E-state index contributed by atoms with van der Waals surface area (Å²) in [5, 5.41) is 0. The summed E-state index contributed by atoms with van der Waals surface area (Å²) in [6, 6.07) is 8.72. The van der Waals surface area contributed by atoms with Crippen molar-refractivity contribution >= 4 is 15.7 Å². The van der Waals surface area contributed by atoms with Crippen LogP contribution in [-0.2, 0) is 19.3 Å². The molecule has 0 saturated carbocycles. The molecule has 0 aromatic heterocycles. The Bertz CT molecular complexity index is 447. The number of esters is 1. The van der Waals surface area contributed by atoms with Crippen LogP contribution < -0.4 is 0 Å². The molecule has 0 N–H and O–H groups in total. The van der Waals surface area contributed by atoms with Gasteiger partial charge in [0, 0.05) is 11.9 Å². The highest BCUT2D eigenvalue weighted by Gasteiger charge is 2.16. The summed E-state index contributed by atoms with van der Waals surface area (Å²) < 4.78 is 20.6. The van der Waals surface area contributed by atoms with Crippen molar-refractivity contribution in [2.45, 2.75) is 4.90 Å². The van der Waals surface area contributed by atoms with Crippen molar-refractivity contribution in [3.05, 3.63) is 30.3 Å². The van der Waals surface area contributed by atoms with Crippen LogP contribution in [0.15, 0.2) is 39.6 Å². The first kappa shape index (κ1) is 11.7. The molecule has 0 amide bonds. The first-order valence-electron chi connectivity index (χ1n) is 4.37. The Morgan fingerprint density at radius 2 is 2.00 bits per heavy atom. The zero-order chi connectivity index (χ0) is 11.3. The van der Waals surface area contributed by atoms with Crippen LogP contribution in [0.1, 0.15) is 0 Å². The van der Waals surface area contributed by atoms with Crippen LogP contribution in [0.4, 0.5) is 0 Å². The first-order chi connectivity index (χ1) is 7.12. The topological polar surface area (TPSA) is 55.7 Å². The largest absolute Gasteiger partial charge is 0.468 e. The normalized spacial score (nSPS) is 14.0. The van der Waals surface area contributed by atoms with E-state index in [-0.39, 0.29) is 5.75 Å². The molecule has 0 aliphatic carbocycles. The van der Waals surface area contributed by atoms with Gasteiger partial charge in [-0.15, -0.1) is 0 Å². The average Bonchev–Trinajstić information content (AvgIpc) is 2.30. The fraction of sp³-hybridized carbons (Fsp3) is 0.300. The van der Waals surface area contributed by atoms with E-state index < -0.39 is 15.7 Å². The van der Waals surface area contributed by atoms with Crippen LogP contribution in [0.2, 0.25) is 0 Å². The average molecular weight is 227 g/mol. The zero-order valence-corrected chi connectivity index (χ0v) is 9.49. The molecule has 0 spiro atoms. The van der Waals surface area contributed by atoms with Gasteiger partial charge in [0.2, 0.25) is 0 Å². The summed E-state index contributed by atoms with van der Waals surface area (Å²) in [6.45, 7) is 0. The Hall–Kier alpha value is -1.36. The number of ether oxygens (including phenoxy) is 1. The van der Waals surface area contributed by atoms with Gasteiger partial charge in [0.05, 0.1) is 16.8 Å². The number of nitrogens with zero attached hydrogens (tertiary/aromatic N) is 1. The number of carbonyl (C=O) groups excluding carboxylic acids is 1. The maximum atomic E-state index is 12.3. The minimum absolute atomic E-state index is 0.204. The lowest BCUT2D eigenvalue weighted by atomic mass is 10.4. The lowest BCUT2D eigenvalue weighted by Crippen LogP contribution is -2.17. The third-order valence-electron chi connectivity index (χ3n) is 1.95. The lowest BCUT2D eigenvalue weighted by molar-refractivity contribution is -0.137. The van der Waals surface area contributed by atoms with Gasteiger partial charge in [-0.25, -0.2) is 8.57 Å². The molecule has 1 unspecified atom stereocenters. The van der Waals surface area contributed by atoms with Crippen molar-refractivity contribution in [2.75, 3.05) is 19.9 Å². The molecular weight excluding hydrogens is 214 g/mol. The van der Waals surface area contributed by atoms with E-state index in [2.05, 4.69) is 9.10 Å². The Morgan fingerprint density at radius 3 is 2.47 bits per heavy atom. The second kappa shape index (κ2) is 4.93. The summed E-state index contributed by atoms with van der Waals surface area (Å²) in [5.41, 5.74) is 0. The van der Waals surface area contributed by atoms with E-state index >= 15 is 0 Å². The van der Waals surface area contributed by atoms with E-state index in [1.807, 2.05) is 6.07 Å². The highest BCUT2D eigenvalue weighted by atomic mass is 32.2. The van der Waals surface area contributed by atoms with E-state index in [0.29, 0.717) is 4.90 Å². The van der Waals surface area contributed by atoms with Gasteiger partial charge in [0.15, 0.2) is 0 Å². The number of methoxy groups -OCH3 is 1. The SMILES string of the molecule is CN=S(=O)(CC(=O)OC)c1ccccc1. The van der Waals surface area contributed by atoms with Crippen LogP contribution in [0.5, 0.6) is 0 Å². The van der Waals surface area contributed by atoms with Crippen molar-refractivity contribution in [1.29, 1.82) is 0 Å². The Balaban J connectivity index is 3.09. The van der Waals surface area contributed by atoms with Gasteiger partial charge < -0.3 is 4.74 Å². The summed E-state index contributed by atoms with van der Waals surface area (Å²) in [4.78, 5) is 11.7. The molecule has 0 bridgehead atoms. The van der Waals surface area contributed by atoms with Crippen molar-refractivity contribution in [3.8, 4) is 0 Å². The molecular formula is C10H13NO3S. The molecule has 1 atom stereocenters. The molecule has 4 nitrogen and oxygen atoms in total. The van der Waals surface area contributed by atoms with E-state index in [1.54, 1.807) is 24.3 Å². The third kappa shape index (κ3) is 2.79. The van der Waals surface area contributed by atoms with Crippen LogP contribution in [-0.4, -0.2) is 30.1 Å². The molecule has 1 aromatic rings.